The molecule has 0 aliphatic heterocycles. The largest absolute Gasteiger partial charge is 0.489 e. The molecule has 0 heterocycles. The third-order valence-electron chi connectivity index (χ3n) is 3.72. The summed E-state index contributed by atoms with van der Waals surface area (Å²) < 4.78 is 5.77. The number of para-hydroxylation sites is 2. The molecule has 0 radical (unpaired) electrons. The van der Waals surface area contributed by atoms with Crippen molar-refractivity contribution in [3.63, 3.8) is 0 Å². The highest BCUT2D eigenvalue weighted by molar-refractivity contribution is 5.90. The van der Waals surface area contributed by atoms with Gasteiger partial charge in [-0.15, -0.1) is 0 Å². The third-order valence-corrected chi connectivity index (χ3v) is 3.72. The fourth-order valence-electron chi connectivity index (χ4n) is 2.37. The zero-order valence-corrected chi connectivity index (χ0v) is 14.3. The molecular weight excluding hydrogens is 300 g/mol. The molecule has 128 valence electrons. The van der Waals surface area contributed by atoms with E-state index in [4.69, 9.17) is 4.74 Å². The van der Waals surface area contributed by atoms with Crippen molar-refractivity contribution in [2.75, 3.05) is 11.9 Å². The summed E-state index contributed by atoms with van der Waals surface area (Å²) in [4.78, 5) is 12.0. The molecule has 0 aromatic heterocycles. The predicted molar refractivity (Wildman–Crippen MR) is 98.4 cm³/mol. The lowest BCUT2D eigenvalue weighted by molar-refractivity contribution is 0.251. The monoisotopic (exact) mass is 326 g/mol. The van der Waals surface area contributed by atoms with Crippen molar-refractivity contribution < 1.29 is 9.53 Å². The molecule has 2 amide bonds. The summed E-state index contributed by atoms with van der Waals surface area (Å²) >= 11 is 0. The van der Waals surface area contributed by atoms with Crippen molar-refractivity contribution in [2.24, 2.45) is 0 Å². The van der Waals surface area contributed by atoms with Gasteiger partial charge in [0.25, 0.3) is 0 Å². The quantitative estimate of drug-likeness (QED) is 0.639. The third kappa shape index (κ3) is 6.32. The fraction of sp³-hybridized carbons (Fsp3) is 0.350. The number of hydrogen-bond donors (Lipinski definition) is 2. The molecule has 4 heteroatoms. The number of ether oxygens (including phenoxy) is 1. The van der Waals surface area contributed by atoms with E-state index >= 15 is 0 Å². The second-order valence-electron chi connectivity index (χ2n) is 5.70. The van der Waals surface area contributed by atoms with Crippen LogP contribution < -0.4 is 15.4 Å². The molecule has 0 bridgehead atoms. The van der Waals surface area contributed by atoms with Gasteiger partial charge < -0.3 is 15.4 Å². The highest BCUT2D eigenvalue weighted by Gasteiger charge is 2.06. The molecule has 0 fully saturated rings. The first-order chi connectivity index (χ1) is 11.8. The van der Waals surface area contributed by atoms with Crippen molar-refractivity contribution in [3.8, 4) is 5.75 Å². The van der Waals surface area contributed by atoms with E-state index in [9.17, 15) is 4.79 Å². The fourth-order valence-corrected chi connectivity index (χ4v) is 2.37. The maximum absolute atomic E-state index is 12.0. The summed E-state index contributed by atoms with van der Waals surface area (Å²) in [5, 5.41) is 5.81. The van der Waals surface area contributed by atoms with E-state index in [1.165, 1.54) is 12.8 Å². The summed E-state index contributed by atoms with van der Waals surface area (Å²) in [7, 11) is 0. The van der Waals surface area contributed by atoms with Gasteiger partial charge in [0.05, 0.1) is 0 Å². The van der Waals surface area contributed by atoms with E-state index in [1.54, 1.807) is 0 Å². The number of hydrogen-bond acceptors (Lipinski definition) is 2. The molecule has 0 saturated carbocycles. The SMILES string of the molecule is CCCCCCNC(=O)Nc1ccccc1COc1ccccc1. The van der Waals surface area contributed by atoms with Crippen LogP contribution in [0, 0.1) is 0 Å². The maximum Gasteiger partial charge on any atom is 0.319 e. The van der Waals surface area contributed by atoms with Crippen molar-refractivity contribution in [2.45, 2.75) is 39.2 Å². The molecular formula is C20H26N2O2. The maximum atomic E-state index is 12.0. The Morgan fingerprint density at radius 2 is 1.71 bits per heavy atom. The van der Waals surface area contributed by atoms with Gasteiger partial charge in [-0.25, -0.2) is 4.79 Å². The Balaban J connectivity index is 1.83. The first-order valence-electron chi connectivity index (χ1n) is 8.60. The summed E-state index contributed by atoms with van der Waals surface area (Å²) in [6.45, 7) is 3.29. The van der Waals surface area contributed by atoms with Crippen LogP contribution in [-0.4, -0.2) is 12.6 Å². The van der Waals surface area contributed by atoms with E-state index in [0.29, 0.717) is 13.2 Å². The molecule has 0 saturated heterocycles. The number of rotatable bonds is 9. The smallest absolute Gasteiger partial charge is 0.319 e. The van der Waals surface area contributed by atoms with Gasteiger partial charge in [-0.3, -0.25) is 0 Å². The number of anilines is 1. The van der Waals surface area contributed by atoms with E-state index in [-0.39, 0.29) is 6.03 Å². The minimum atomic E-state index is -0.168. The number of nitrogens with one attached hydrogen (secondary N) is 2. The van der Waals surface area contributed by atoms with Crippen LogP contribution in [0.1, 0.15) is 38.2 Å². The van der Waals surface area contributed by atoms with Crippen molar-refractivity contribution in [3.05, 3.63) is 60.2 Å². The predicted octanol–water partition coefficient (Wildman–Crippen LogP) is 4.97. The van der Waals surface area contributed by atoms with E-state index < -0.39 is 0 Å². The molecule has 4 nitrogen and oxygen atoms in total. The molecule has 0 spiro atoms. The number of benzene rings is 2. The lowest BCUT2D eigenvalue weighted by atomic mass is 10.2. The first kappa shape index (κ1) is 17.9. The first-order valence-corrected chi connectivity index (χ1v) is 8.60. The standard InChI is InChI=1S/C20H26N2O2/c1-2-3-4-10-15-21-20(23)22-19-14-9-8-11-17(19)16-24-18-12-6-5-7-13-18/h5-9,11-14H,2-4,10,15-16H2,1H3,(H2,21,22,23). The number of amides is 2. The van der Waals surface area contributed by atoms with Gasteiger partial charge in [-0.2, -0.15) is 0 Å². The van der Waals surface area contributed by atoms with Gasteiger partial charge in [-0.05, 0) is 24.6 Å². The topological polar surface area (TPSA) is 50.4 Å². The zero-order chi connectivity index (χ0) is 17.0. The van der Waals surface area contributed by atoms with Crippen LogP contribution in [0.2, 0.25) is 0 Å². The Hall–Kier alpha value is -2.49. The Kier molecular flexibility index (Phi) is 7.68. The summed E-state index contributed by atoms with van der Waals surface area (Å²) in [6.07, 6.45) is 4.57. The average molecular weight is 326 g/mol. The molecule has 24 heavy (non-hydrogen) atoms. The Labute approximate surface area is 144 Å². The van der Waals surface area contributed by atoms with Gasteiger partial charge in [0.15, 0.2) is 0 Å². The molecule has 0 atom stereocenters. The summed E-state index contributed by atoms with van der Waals surface area (Å²) in [6, 6.07) is 17.2. The van der Waals surface area contributed by atoms with Gasteiger partial charge >= 0.3 is 6.03 Å². The lowest BCUT2D eigenvalue weighted by Crippen LogP contribution is -2.30. The Morgan fingerprint density at radius 3 is 2.50 bits per heavy atom. The number of urea groups is 1. The second-order valence-corrected chi connectivity index (χ2v) is 5.70. The second kappa shape index (κ2) is 10.3. The van der Waals surface area contributed by atoms with E-state index in [0.717, 1.165) is 29.8 Å². The molecule has 2 rings (SSSR count). The van der Waals surface area contributed by atoms with E-state index in [1.807, 2.05) is 54.6 Å². The van der Waals surface area contributed by atoms with Crippen molar-refractivity contribution in [1.29, 1.82) is 0 Å². The lowest BCUT2D eigenvalue weighted by Gasteiger charge is -2.13. The van der Waals surface area contributed by atoms with Crippen LogP contribution in [0.4, 0.5) is 10.5 Å². The van der Waals surface area contributed by atoms with Crippen LogP contribution in [-0.2, 0) is 6.61 Å². The van der Waals surface area contributed by atoms with Crippen LogP contribution in [0.15, 0.2) is 54.6 Å². The van der Waals surface area contributed by atoms with Gasteiger partial charge in [0.2, 0.25) is 0 Å². The highest BCUT2D eigenvalue weighted by Crippen LogP contribution is 2.18. The number of carbonyl (C=O) groups excluding carboxylic acids is 1. The van der Waals surface area contributed by atoms with Crippen LogP contribution in [0.5, 0.6) is 5.75 Å². The van der Waals surface area contributed by atoms with E-state index in [2.05, 4.69) is 17.6 Å². The summed E-state index contributed by atoms with van der Waals surface area (Å²) in [5.41, 5.74) is 1.72. The molecule has 2 aromatic rings. The Bertz CT molecular complexity index is 614. The summed E-state index contributed by atoms with van der Waals surface area (Å²) in [5.74, 6) is 0.813. The van der Waals surface area contributed by atoms with Crippen molar-refractivity contribution >= 4 is 11.7 Å². The zero-order valence-electron chi connectivity index (χ0n) is 14.3. The molecule has 2 aromatic carbocycles. The van der Waals surface area contributed by atoms with Gasteiger partial charge in [-0.1, -0.05) is 62.6 Å². The minimum absolute atomic E-state index is 0.168. The molecule has 0 unspecified atom stereocenters. The van der Waals surface area contributed by atoms with Crippen molar-refractivity contribution in [1.82, 2.24) is 5.32 Å². The minimum Gasteiger partial charge on any atom is -0.489 e. The molecule has 2 N–H and O–H groups in total. The number of carbonyl (C=O) groups is 1. The van der Waals surface area contributed by atoms with Crippen LogP contribution in [0.25, 0.3) is 0 Å². The van der Waals surface area contributed by atoms with Gasteiger partial charge in [0, 0.05) is 17.8 Å². The highest BCUT2D eigenvalue weighted by atomic mass is 16.5. The average Bonchev–Trinajstić information content (AvgIpc) is 2.62. The molecule has 0 aliphatic carbocycles. The Morgan fingerprint density at radius 1 is 0.958 bits per heavy atom. The van der Waals surface area contributed by atoms with Gasteiger partial charge in [0.1, 0.15) is 12.4 Å². The normalized spacial score (nSPS) is 10.2. The molecule has 0 aliphatic rings. The number of unbranched alkanes of at least 4 members (excludes halogenated alkanes) is 3. The van der Waals surface area contributed by atoms with Crippen LogP contribution >= 0.6 is 0 Å². The van der Waals surface area contributed by atoms with Crippen LogP contribution in [0.3, 0.4) is 0 Å².